The zero-order chi connectivity index (χ0) is 27.9. The van der Waals surface area contributed by atoms with Gasteiger partial charge in [-0.05, 0) is 107 Å². The number of thiazole rings is 1. The van der Waals surface area contributed by atoms with Crippen LogP contribution >= 0.6 is 11.3 Å². The number of benzene rings is 3. The minimum Gasteiger partial charge on any atom is -0.479 e. The lowest BCUT2D eigenvalue weighted by Gasteiger charge is -2.28. The number of carboxylic acid groups (broad SMARTS) is 1. The number of hydrogen-bond acceptors (Lipinski definition) is 5. The Morgan fingerprint density at radius 1 is 0.947 bits per heavy atom. The van der Waals surface area contributed by atoms with Crippen molar-refractivity contribution in [1.82, 2.24) is 4.98 Å². The molecule has 0 saturated carbocycles. The van der Waals surface area contributed by atoms with Gasteiger partial charge in [0.15, 0.2) is 11.2 Å². The van der Waals surface area contributed by atoms with Crippen LogP contribution < -0.4 is 5.32 Å². The van der Waals surface area contributed by atoms with E-state index in [1.165, 1.54) is 28.0 Å². The molecular weight excluding hydrogens is 492 g/mol. The van der Waals surface area contributed by atoms with Gasteiger partial charge in [0.2, 0.25) is 0 Å². The number of nitrogens with one attached hydrogen (secondary N) is 1. The maximum absolute atomic E-state index is 12.9. The van der Waals surface area contributed by atoms with E-state index in [0.29, 0.717) is 5.56 Å². The topological polar surface area (TPSA) is 71.5 Å². The van der Waals surface area contributed by atoms with Gasteiger partial charge in [-0.3, -0.25) is 0 Å². The number of carbonyl (C=O) groups is 1. The van der Waals surface area contributed by atoms with Gasteiger partial charge in [-0.25, -0.2) is 9.78 Å². The smallest absolute Gasteiger partial charge is 0.337 e. The fourth-order valence-corrected chi connectivity index (χ4v) is 5.98. The molecule has 200 valence electrons. The third-order valence-electron chi connectivity index (χ3n) is 7.00. The molecule has 5 nitrogen and oxygen atoms in total. The van der Waals surface area contributed by atoms with E-state index in [4.69, 9.17) is 9.72 Å². The van der Waals surface area contributed by atoms with Crippen LogP contribution in [-0.2, 0) is 9.53 Å². The number of aliphatic carboxylic acids is 1. The molecule has 1 heterocycles. The van der Waals surface area contributed by atoms with E-state index >= 15 is 0 Å². The predicted octanol–water partition coefficient (Wildman–Crippen LogP) is 8.55. The second kappa shape index (κ2) is 10.5. The highest BCUT2D eigenvalue weighted by molar-refractivity contribution is 7.22. The van der Waals surface area contributed by atoms with Gasteiger partial charge in [-0.15, -0.1) is 0 Å². The molecule has 0 spiro atoms. The summed E-state index contributed by atoms with van der Waals surface area (Å²) in [6.07, 6.45) is -1.16. The molecule has 1 atom stereocenters. The number of fused-ring (bicyclic) bond motifs is 1. The Balaban J connectivity index is 2.21. The third-order valence-corrected chi connectivity index (χ3v) is 8.05. The van der Waals surface area contributed by atoms with Crippen molar-refractivity contribution in [1.29, 1.82) is 0 Å². The molecule has 3 aromatic carbocycles. The molecule has 0 bridgehead atoms. The highest BCUT2D eigenvalue weighted by atomic mass is 32.1. The fourth-order valence-electron chi connectivity index (χ4n) is 4.87. The number of aryl methyl sites for hydroxylation is 4. The minimum absolute atomic E-state index is 0.661. The van der Waals surface area contributed by atoms with Crippen molar-refractivity contribution in [2.75, 3.05) is 11.9 Å². The SMILES string of the molecule is CCNc1nc2c(-c3ccc(C)c(C)c3)c(C)c(-c3ccc(C)c(C)c3)c(C(OC(C)(C)C)C(=O)O)c2s1. The van der Waals surface area contributed by atoms with E-state index in [9.17, 15) is 9.90 Å². The zero-order valence-corrected chi connectivity index (χ0v) is 24.7. The molecular formula is C32H38N2O3S. The number of anilines is 1. The lowest BCUT2D eigenvalue weighted by molar-refractivity contribution is -0.160. The summed E-state index contributed by atoms with van der Waals surface area (Å²) >= 11 is 1.50. The summed E-state index contributed by atoms with van der Waals surface area (Å²) in [5.74, 6) is -1.01. The Kier molecular flexibility index (Phi) is 7.69. The number of carboxylic acids is 1. The van der Waals surface area contributed by atoms with Gasteiger partial charge < -0.3 is 15.2 Å². The van der Waals surface area contributed by atoms with Gasteiger partial charge >= 0.3 is 5.97 Å². The van der Waals surface area contributed by atoms with E-state index in [0.717, 1.165) is 55.3 Å². The van der Waals surface area contributed by atoms with Crippen LogP contribution in [-0.4, -0.2) is 28.2 Å². The van der Waals surface area contributed by atoms with E-state index in [1.807, 2.05) is 27.7 Å². The molecule has 1 aromatic heterocycles. The summed E-state index contributed by atoms with van der Waals surface area (Å²) in [6.45, 7) is 18.9. The van der Waals surface area contributed by atoms with E-state index in [2.05, 4.69) is 76.3 Å². The van der Waals surface area contributed by atoms with Gasteiger partial charge in [-0.1, -0.05) is 47.7 Å². The van der Waals surface area contributed by atoms with Crippen molar-refractivity contribution in [3.63, 3.8) is 0 Å². The molecule has 0 amide bonds. The molecule has 6 heteroatoms. The van der Waals surface area contributed by atoms with Gasteiger partial charge in [0, 0.05) is 17.7 Å². The summed E-state index contributed by atoms with van der Waals surface area (Å²) in [7, 11) is 0. The Labute approximate surface area is 229 Å². The normalized spacial score (nSPS) is 12.7. The average Bonchev–Trinajstić information content (AvgIpc) is 3.23. The van der Waals surface area contributed by atoms with Crippen LogP contribution in [0.2, 0.25) is 0 Å². The summed E-state index contributed by atoms with van der Waals surface area (Å²) in [6, 6.07) is 12.8. The lowest BCUT2D eigenvalue weighted by Crippen LogP contribution is -2.28. The van der Waals surface area contributed by atoms with Gasteiger partial charge in [0.1, 0.15) is 0 Å². The van der Waals surface area contributed by atoms with Crippen LogP contribution in [0.3, 0.4) is 0 Å². The van der Waals surface area contributed by atoms with Gasteiger partial charge in [0.25, 0.3) is 0 Å². The summed E-state index contributed by atoms with van der Waals surface area (Å²) in [4.78, 5) is 17.9. The van der Waals surface area contributed by atoms with Crippen LogP contribution in [0.15, 0.2) is 36.4 Å². The molecule has 0 radical (unpaired) electrons. The second-order valence-electron chi connectivity index (χ2n) is 11.1. The Bertz CT molecular complexity index is 1530. The Morgan fingerprint density at radius 3 is 1.97 bits per heavy atom. The number of hydrogen-bond donors (Lipinski definition) is 2. The van der Waals surface area contributed by atoms with Crippen molar-refractivity contribution in [3.8, 4) is 22.3 Å². The predicted molar refractivity (Wildman–Crippen MR) is 160 cm³/mol. The number of ether oxygens (including phenoxy) is 1. The quantitative estimate of drug-likeness (QED) is 0.250. The van der Waals surface area contributed by atoms with E-state index < -0.39 is 17.7 Å². The zero-order valence-electron chi connectivity index (χ0n) is 23.9. The minimum atomic E-state index is -1.16. The molecule has 0 aliphatic heterocycles. The fraction of sp³-hybridized carbons (Fsp3) is 0.375. The largest absolute Gasteiger partial charge is 0.479 e. The molecule has 4 rings (SSSR count). The first kappa shape index (κ1) is 27.8. The Morgan fingerprint density at radius 2 is 1.50 bits per heavy atom. The molecule has 0 aliphatic carbocycles. The molecule has 0 aliphatic rings. The van der Waals surface area contributed by atoms with Crippen molar-refractivity contribution < 1.29 is 14.6 Å². The van der Waals surface area contributed by atoms with Crippen molar-refractivity contribution in [3.05, 3.63) is 69.8 Å². The number of nitrogens with zero attached hydrogens (tertiary/aromatic N) is 1. The van der Waals surface area contributed by atoms with Gasteiger partial charge in [-0.2, -0.15) is 0 Å². The van der Waals surface area contributed by atoms with E-state index in [-0.39, 0.29) is 0 Å². The highest BCUT2D eigenvalue weighted by Crippen LogP contribution is 2.48. The standard InChI is InChI=1S/C32H38N2O3S/c1-10-33-31-34-27-25(23-14-12-18(3)20(5)16-23)21(6)24(22-13-11-17(2)19(4)15-22)26(29(27)38-31)28(30(35)36)37-32(7,8)9/h11-16,28H,10H2,1-9H3,(H,33,34)(H,35,36). The first-order chi connectivity index (χ1) is 17.8. The molecule has 4 aromatic rings. The highest BCUT2D eigenvalue weighted by Gasteiger charge is 2.34. The monoisotopic (exact) mass is 530 g/mol. The number of aromatic nitrogens is 1. The average molecular weight is 531 g/mol. The maximum Gasteiger partial charge on any atom is 0.337 e. The van der Waals surface area contributed by atoms with Crippen LogP contribution in [0, 0.1) is 34.6 Å². The Hall–Kier alpha value is -3.22. The lowest BCUT2D eigenvalue weighted by atomic mass is 9.84. The van der Waals surface area contributed by atoms with Crippen LogP contribution in [0.4, 0.5) is 5.13 Å². The van der Waals surface area contributed by atoms with Crippen LogP contribution in [0.25, 0.3) is 32.5 Å². The molecule has 38 heavy (non-hydrogen) atoms. The van der Waals surface area contributed by atoms with Crippen LogP contribution in [0.5, 0.6) is 0 Å². The first-order valence-corrected chi connectivity index (χ1v) is 13.9. The van der Waals surface area contributed by atoms with Crippen LogP contribution in [0.1, 0.15) is 67.2 Å². The molecule has 1 unspecified atom stereocenters. The third kappa shape index (κ3) is 5.33. The van der Waals surface area contributed by atoms with Crippen molar-refractivity contribution in [2.24, 2.45) is 0 Å². The van der Waals surface area contributed by atoms with E-state index in [1.54, 1.807) is 0 Å². The summed E-state index contributed by atoms with van der Waals surface area (Å²) in [5.41, 5.74) is 10.6. The number of rotatable bonds is 7. The second-order valence-corrected chi connectivity index (χ2v) is 12.1. The summed E-state index contributed by atoms with van der Waals surface area (Å²) < 4.78 is 7.11. The molecule has 0 fully saturated rings. The molecule has 0 saturated heterocycles. The van der Waals surface area contributed by atoms with Crippen molar-refractivity contribution >= 4 is 32.7 Å². The van der Waals surface area contributed by atoms with Crippen molar-refractivity contribution in [2.45, 2.75) is 74.0 Å². The maximum atomic E-state index is 12.9. The summed E-state index contributed by atoms with van der Waals surface area (Å²) in [5, 5.41) is 14.6. The first-order valence-electron chi connectivity index (χ1n) is 13.1. The van der Waals surface area contributed by atoms with Gasteiger partial charge in [0.05, 0.1) is 15.8 Å². The molecule has 2 N–H and O–H groups in total.